The van der Waals surface area contributed by atoms with E-state index in [1.54, 1.807) is 5.57 Å². The number of rotatable bonds is 5. The van der Waals surface area contributed by atoms with Gasteiger partial charge in [0.05, 0.1) is 0 Å². The van der Waals surface area contributed by atoms with Crippen LogP contribution in [0.3, 0.4) is 0 Å². The minimum atomic E-state index is -0.216. The monoisotopic (exact) mass is 433 g/mol. The first-order chi connectivity index (χ1) is 15.4. The fourth-order valence-corrected chi connectivity index (χ4v) is 6.87. The molecule has 4 aliphatic rings. The summed E-state index contributed by atoms with van der Waals surface area (Å²) in [5.74, 6) is 2.82. The molecule has 1 aromatic rings. The Labute approximate surface area is 191 Å². The molecular formula is C28H35NO3. The molecule has 5 rings (SSSR count). The molecule has 0 N–H and O–H groups in total. The molecular weight excluding hydrogens is 398 g/mol. The number of nitrogens with zero attached hydrogens (tertiary/aromatic N) is 1. The zero-order valence-corrected chi connectivity index (χ0v) is 19.7. The fourth-order valence-electron chi connectivity index (χ4n) is 6.87. The van der Waals surface area contributed by atoms with Crippen LogP contribution in [0.25, 0.3) is 0 Å². The molecule has 0 heterocycles. The summed E-state index contributed by atoms with van der Waals surface area (Å²) >= 11 is 0. The summed E-state index contributed by atoms with van der Waals surface area (Å²) < 4.78 is 5.92. The van der Waals surface area contributed by atoms with Crippen molar-refractivity contribution in [3.05, 3.63) is 52.6 Å². The number of allylic oxidation sites excluding steroid dienone is 4. The SMILES string of the molecule is CN(C)CCOc1ccc([C@H]2C[C@]3(C)C(=O)CCC3C3CCC4=CC(=O)CCC4=C32)cc1. The lowest BCUT2D eigenvalue weighted by molar-refractivity contribution is -0.128. The lowest BCUT2D eigenvalue weighted by atomic mass is 9.53. The number of benzene rings is 1. The molecule has 2 saturated carbocycles. The molecule has 32 heavy (non-hydrogen) atoms. The van der Waals surface area contributed by atoms with E-state index in [-0.39, 0.29) is 17.1 Å². The Balaban J connectivity index is 1.51. The molecule has 0 aromatic heterocycles. The predicted octanol–water partition coefficient (Wildman–Crippen LogP) is 5.10. The summed E-state index contributed by atoms with van der Waals surface area (Å²) in [5, 5.41) is 0. The zero-order valence-electron chi connectivity index (χ0n) is 19.7. The van der Waals surface area contributed by atoms with Crippen molar-refractivity contribution in [2.24, 2.45) is 17.3 Å². The second-order valence-electron chi connectivity index (χ2n) is 10.7. The minimum Gasteiger partial charge on any atom is -0.492 e. The second kappa shape index (κ2) is 8.30. The number of ketones is 2. The van der Waals surface area contributed by atoms with Crippen molar-refractivity contribution in [1.29, 1.82) is 0 Å². The molecule has 170 valence electrons. The molecule has 1 aromatic carbocycles. The van der Waals surface area contributed by atoms with Crippen LogP contribution in [0.5, 0.6) is 5.75 Å². The molecule has 4 aliphatic carbocycles. The van der Waals surface area contributed by atoms with Gasteiger partial charge in [-0.15, -0.1) is 0 Å². The lowest BCUT2D eigenvalue weighted by Crippen LogP contribution is -2.43. The molecule has 0 radical (unpaired) electrons. The summed E-state index contributed by atoms with van der Waals surface area (Å²) in [4.78, 5) is 27.3. The Kier molecular flexibility index (Phi) is 5.61. The van der Waals surface area contributed by atoms with Crippen LogP contribution in [-0.2, 0) is 9.59 Å². The third-order valence-electron chi connectivity index (χ3n) is 8.53. The fraction of sp³-hybridized carbons (Fsp3) is 0.571. The first-order valence-electron chi connectivity index (χ1n) is 12.2. The van der Waals surface area contributed by atoms with Gasteiger partial charge in [-0.2, -0.15) is 0 Å². The van der Waals surface area contributed by atoms with Crippen molar-refractivity contribution in [2.75, 3.05) is 27.2 Å². The smallest absolute Gasteiger partial charge is 0.156 e. The Hall–Kier alpha value is -2.20. The number of fused-ring (bicyclic) bond motifs is 4. The minimum absolute atomic E-state index is 0.216. The van der Waals surface area contributed by atoms with Crippen molar-refractivity contribution < 1.29 is 14.3 Å². The molecule has 4 nitrogen and oxygen atoms in total. The number of carbonyl (C=O) groups excluding carboxylic acids is 2. The number of hydrogen-bond acceptors (Lipinski definition) is 4. The van der Waals surface area contributed by atoms with E-state index >= 15 is 0 Å². The maximum absolute atomic E-state index is 13.0. The van der Waals surface area contributed by atoms with Gasteiger partial charge in [0.15, 0.2) is 5.78 Å². The second-order valence-corrected chi connectivity index (χ2v) is 10.7. The molecule has 2 fully saturated rings. The number of likely N-dealkylation sites (N-methyl/N-ethyl adjacent to an activating group) is 1. The number of Topliss-reactive ketones (excluding diaryl/α,β-unsaturated/α-hetero) is 1. The number of hydrogen-bond donors (Lipinski definition) is 0. The van der Waals surface area contributed by atoms with E-state index in [4.69, 9.17) is 4.74 Å². The molecule has 0 spiro atoms. The van der Waals surface area contributed by atoms with Crippen molar-refractivity contribution >= 4 is 11.6 Å². The van der Waals surface area contributed by atoms with E-state index < -0.39 is 0 Å². The average Bonchev–Trinajstić information content (AvgIpc) is 3.07. The first kappa shape index (κ1) is 21.6. The van der Waals surface area contributed by atoms with Crippen LogP contribution in [0.2, 0.25) is 0 Å². The van der Waals surface area contributed by atoms with Gasteiger partial charge in [-0.3, -0.25) is 9.59 Å². The van der Waals surface area contributed by atoms with Gasteiger partial charge in [-0.25, -0.2) is 0 Å². The highest BCUT2D eigenvalue weighted by Crippen LogP contribution is 2.62. The summed E-state index contributed by atoms with van der Waals surface area (Å²) in [5.41, 5.74) is 5.34. The molecule has 0 amide bonds. The Bertz CT molecular complexity index is 986. The lowest BCUT2D eigenvalue weighted by Gasteiger charge is -2.50. The highest BCUT2D eigenvalue weighted by molar-refractivity contribution is 5.93. The Morgan fingerprint density at radius 1 is 1.03 bits per heavy atom. The molecule has 0 bridgehead atoms. The average molecular weight is 434 g/mol. The Morgan fingerprint density at radius 3 is 2.56 bits per heavy atom. The van der Waals surface area contributed by atoms with Gasteiger partial charge < -0.3 is 9.64 Å². The van der Waals surface area contributed by atoms with Crippen LogP contribution in [-0.4, -0.2) is 43.7 Å². The quantitative estimate of drug-likeness (QED) is 0.648. The van der Waals surface area contributed by atoms with Crippen LogP contribution in [0.15, 0.2) is 47.1 Å². The van der Waals surface area contributed by atoms with E-state index in [0.29, 0.717) is 30.6 Å². The van der Waals surface area contributed by atoms with Crippen LogP contribution >= 0.6 is 0 Å². The van der Waals surface area contributed by atoms with E-state index in [9.17, 15) is 9.59 Å². The van der Waals surface area contributed by atoms with Gasteiger partial charge in [-0.05, 0) is 93.0 Å². The van der Waals surface area contributed by atoms with Gasteiger partial charge in [0.1, 0.15) is 18.1 Å². The topological polar surface area (TPSA) is 46.6 Å². The normalized spacial score (nSPS) is 31.9. The van der Waals surface area contributed by atoms with E-state index in [0.717, 1.165) is 50.8 Å². The summed E-state index contributed by atoms with van der Waals surface area (Å²) in [6.45, 7) is 3.79. The Morgan fingerprint density at radius 2 is 1.81 bits per heavy atom. The summed E-state index contributed by atoms with van der Waals surface area (Å²) in [6, 6.07) is 8.57. The van der Waals surface area contributed by atoms with Crippen LogP contribution < -0.4 is 4.74 Å². The van der Waals surface area contributed by atoms with Gasteiger partial charge >= 0.3 is 0 Å². The number of ether oxygens (including phenoxy) is 1. The molecule has 2 unspecified atom stereocenters. The summed E-state index contributed by atoms with van der Waals surface area (Å²) in [6.07, 6.45) is 8.13. The van der Waals surface area contributed by atoms with E-state index in [2.05, 4.69) is 36.1 Å². The third-order valence-corrected chi connectivity index (χ3v) is 8.53. The first-order valence-corrected chi connectivity index (χ1v) is 12.2. The highest BCUT2D eigenvalue weighted by Gasteiger charge is 2.56. The third kappa shape index (κ3) is 3.67. The van der Waals surface area contributed by atoms with Gasteiger partial charge in [-0.1, -0.05) is 24.6 Å². The van der Waals surface area contributed by atoms with Gasteiger partial charge in [0.25, 0.3) is 0 Å². The largest absolute Gasteiger partial charge is 0.492 e. The molecule has 0 saturated heterocycles. The van der Waals surface area contributed by atoms with E-state index in [1.165, 1.54) is 16.7 Å². The maximum Gasteiger partial charge on any atom is 0.156 e. The molecule has 4 heteroatoms. The van der Waals surface area contributed by atoms with Gasteiger partial charge in [0.2, 0.25) is 0 Å². The van der Waals surface area contributed by atoms with E-state index in [1.807, 2.05) is 20.2 Å². The predicted molar refractivity (Wildman–Crippen MR) is 126 cm³/mol. The standard InChI is InChI=1S/C28H35NO3/c1-28-17-24(18-4-8-21(9-5-18)32-15-14-29(2)3)27-22-11-7-20(30)16-19(22)6-10-23(27)25(28)12-13-26(28)31/h4-5,8-9,16,23-25H,6-7,10-15,17H2,1-3H3/t23?,24-,25?,28+/m1/s1. The maximum atomic E-state index is 13.0. The van der Waals surface area contributed by atoms with Crippen LogP contribution in [0.1, 0.15) is 63.4 Å². The summed E-state index contributed by atoms with van der Waals surface area (Å²) in [7, 11) is 4.09. The number of carbonyl (C=O) groups is 2. The zero-order chi connectivity index (χ0) is 22.5. The molecule has 0 aliphatic heterocycles. The van der Waals surface area contributed by atoms with Gasteiger partial charge in [0, 0.05) is 30.7 Å². The van der Waals surface area contributed by atoms with Crippen molar-refractivity contribution in [3.63, 3.8) is 0 Å². The van der Waals surface area contributed by atoms with Crippen molar-refractivity contribution in [1.82, 2.24) is 4.90 Å². The van der Waals surface area contributed by atoms with Crippen molar-refractivity contribution in [2.45, 2.75) is 57.8 Å². The van der Waals surface area contributed by atoms with Crippen molar-refractivity contribution in [3.8, 4) is 5.75 Å². The van der Waals surface area contributed by atoms with Crippen LogP contribution in [0.4, 0.5) is 0 Å². The van der Waals surface area contributed by atoms with Crippen LogP contribution in [0, 0.1) is 17.3 Å². The highest BCUT2D eigenvalue weighted by atomic mass is 16.5. The molecule has 4 atom stereocenters.